The number of hydrogen-bond donors (Lipinski definition) is 1. The Bertz CT molecular complexity index is 435. The van der Waals surface area contributed by atoms with Crippen LogP contribution in [0.4, 0.5) is 0 Å². The van der Waals surface area contributed by atoms with Gasteiger partial charge in [-0.15, -0.1) is 0 Å². The average Bonchev–Trinajstić information content (AvgIpc) is 2.45. The van der Waals surface area contributed by atoms with Crippen molar-refractivity contribution in [3.63, 3.8) is 0 Å². The molecule has 1 fully saturated rings. The first kappa shape index (κ1) is 15.0. The maximum Gasteiger partial charge on any atom is 0.312 e. The topological polar surface area (TPSA) is 49.8 Å². The zero-order chi connectivity index (χ0) is 14.5. The van der Waals surface area contributed by atoms with Crippen LogP contribution >= 0.6 is 0 Å². The summed E-state index contributed by atoms with van der Waals surface area (Å²) >= 11 is 0. The third-order valence-electron chi connectivity index (χ3n) is 3.97. The van der Waals surface area contributed by atoms with Gasteiger partial charge in [0.25, 0.3) is 0 Å². The van der Waals surface area contributed by atoms with E-state index in [1.54, 1.807) is 0 Å². The molecule has 1 N–H and O–H groups in total. The highest BCUT2D eigenvalue weighted by Gasteiger charge is 2.30. The van der Waals surface area contributed by atoms with E-state index < -0.39 is 11.9 Å². The summed E-state index contributed by atoms with van der Waals surface area (Å²) in [4.78, 5) is 13.9. The van der Waals surface area contributed by atoms with Crippen LogP contribution in [0.25, 0.3) is 0 Å². The van der Waals surface area contributed by atoms with E-state index in [0.29, 0.717) is 19.2 Å². The molecule has 1 aliphatic heterocycles. The van der Waals surface area contributed by atoms with Crippen molar-refractivity contribution in [1.29, 1.82) is 0 Å². The molecular formula is C16H23NO3. The SMILES string of the molecule is CCC1COC(C)CN1CC(C(=O)O)c1ccccc1. The van der Waals surface area contributed by atoms with Crippen molar-refractivity contribution in [3.8, 4) is 0 Å². The fraction of sp³-hybridized carbons (Fsp3) is 0.562. The van der Waals surface area contributed by atoms with E-state index >= 15 is 0 Å². The second-order valence-corrected chi connectivity index (χ2v) is 5.46. The minimum absolute atomic E-state index is 0.169. The van der Waals surface area contributed by atoms with E-state index in [4.69, 9.17) is 4.74 Å². The Hall–Kier alpha value is -1.39. The van der Waals surface area contributed by atoms with Gasteiger partial charge in [-0.05, 0) is 18.9 Å². The zero-order valence-corrected chi connectivity index (χ0v) is 12.2. The second-order valence-electron chi connectivity index (χ2n) is 5.46. The monoisotopic (exact) mass is 277 g/mol. The number of morpholine rings is 1. The molecule has 4 nitrogen and oxygen atoms in total. The lowest BCUT2D eigenvalue weighted by molar-refractivity contribution is -0.140. The fourth-order valence-corrected chi connectivity index (χ4v) is 2.76. The van der Waals surface area contributed by atoms with Crippen LogP contribution in [0, 0.1) is 0 Å². The van der Waals surface area contributed by atoms with E-state index in [2.05, 4.69) is 11.8 Å². The largest absolute Gasteiger partial charge is 0.481 e. The highest BCUT2D eigenvalue weighted by molar-refractivity contribution is 5.76. The summed E-state index contributed by atoms with van der Waals surface area (Å²) in [6, 6.07) is 9.80. The number of carboxylic acid groups (broad SMARTS) is 1. The highest BCUT2D eigenvalue weighted by atomic mass is 16.5. The van der Waals surface area contributed by atoms with Gasteiger partial charge in [0.2, 0.25) is 0 Å². The van der Waals surface area contributed by atoms with E-state index in [0.717, 1.165) is 18.5 Å². The number of benzene rings is 1. The predicted octanol–water partition coefficient (Wildman–Crippen LogP) is 2.35. The molecule has 110 valence electrons. The molecule has 0 aromatic heterocycles. The van der Waals surface area contributed by atoms with Crippen LogP contribution in [0.3, 0.4) is 0 Å². The first-order valence-corrected chi connectivity index (χ1v) is 7.25. The van der Waals surface area contributed by atoms with Crippen LogP contribution in [0.5, 0.6) is 0 Å². The van der Waals surface area contributed by atoms with Crippen molar-refractivity contribution in [1.82, 2.24) is 4.90 Å². The molecule has 0 aliphatic carbocycles. The molecule has 20 heavy (non-hydrogen) atoms. The third kappa shape index (κ3) is 3.58. The third-order valence-corrected chi connectivity index (χ3v) is 3.97. The Balaban J connectivity index is 2.13. The summed E-state index contributed by atoms with van der Waals surface area (Å²) in [5.74, 6) is -1.24. The van der Waals surface area contributed by atoms with Gasteiger partial charge in [-0.25, -0.2) is 0 Å². The standard InChI is InChI=1S/C16H23NO3/c1-3-14-11-20-12(2)9-17(14)10-15(16(18)19)13-7-5-4-6-8-13/h4-8,12,14-15H,3,9-11H2,1-2H3,(H,18,19). The van der Waals surface area contributed by atoms with Gasteiger partial charge in [0.1, 0.15) is 0 Å². The number of carbonyl (C=O) groups is 1. The van der Waals surface area contributed by atoms with Gasteiger partial charge in [-0.2, -0.15) is 0 Å². The predicted molar refractivity (Wildman–Crippen MR) is 77.9 cm³/mol. The van der Waals surface area contributed by atoms with E-state index in [1.165, 1.54) is 0 Å². The molecule has 1 aromatic carbocycles. The van der Waals surface area contributed by atoms with E-state index in [1.807, 2.05) is 37.3 Å². The minimum Gasteiger partial charge on any atom is -0.481 e. The lowest BCUT2D eigenvalue weighted by Crippen LogP contribution is -2.50. The Morgan fingerprint density at radius 3 is 2.75 bits per heavy atom. The lowest BCUT2D eigenvalue weighted by Gasteiger charge is -2.39. The van der Waals surface area contributed by atoms with Crippen molar-refractivity contribution in [2.24, 2.45) is 0 Å². The molecular weight excluding hydrogens is 254 g/mol. The zero-order valence-electron chi connectivity index (χ0n) is 12.2. The molecule has 0 saturated carbocycles. The summed E-state index contributed by atoms with van der Waals surface area (Å²) in [5.41, 5.74) is 0.869. The molecule has 1 saturated heterocycles. The number of hydrogen-bond acceptors (Lipinski definition) is 3. The number of carboxylic acids is 1. The Kier molecular flexibility index (Phi) is 5.15. The van der Waals surface area contributed by atoms with Crippen molar-refractivity contribution >= 4 is 5.97 Å². The molecule has 1 aliphatic rings. The summed E-state index contributed by atoms with van der Waals surface area (Å²) in [5, 5.41) is 9.52. The van der Waals surface area contributed by atoms with Crippen LogP contribution in [0.1, 0.15) is 31.7 Å². The van der Waals surface area contributed by atoms with Crippen molar-refractivity contribution in [3.05, 3.63) is 35.9 Å². The molecule has 3 unspecified atom stereocenters. The van der Waals surface area contributed by atoms with Crippen molar-refractivity contribution < 1.29 is 14.6 Å². The number of rotatable bonds is 5. The summed E-state index contributed by atoms with van der Waals surface area (Å²) in [7, 11) is 0. The highest BCUT2D eigenvalue weighted by Crippen LogP contribution is 2.22. The normalized spacial score (nSPS) is 25.3. The summed E-state index contributed by atoms with van der Waals surface area (Å²) < 4.78 is 5.67. The first-order valence-electron chi connectivity index (χ1n) is 7.25. The molecule has 0 radical (unpaired) electrons. The molecule has 0 spiro atoms. The minimum atomic E-state index is -0.759. The van der Waals surface area contributed by atoms with Crippen molar-refractivity contribution in [2.75, 3.05) is 19.7 Å². The Morgan fingerprint density at radius 1 is 1.45 bits per heavy atom. The van der Waals surface area contributed by atoms with Crippen LogP contribution in [-0.2, 0) is 9.53 Å². The van der Waals surface area contributed by atoms with Crippen LogP contribution in [-0.4, -0.2) is 47.8 Å². The van der Waals surface area contributed by atoms with Gasteiger partial charge in [-0.1, -0.05) is 37.3 Å². The maximum atomic E-state index is 11.6. The van der Waals surface area contributed by atoms with Gasteiger partial charge in [0.05, 0.1) is 18.6 Å². The van der Waals surface area contributed by atoms with Crippen LogP contribution < -0.4 is 0 Å². The average molecular weight is 277 g/mol. The van der Waals surface area contributed by atoms with Crippen LogP contribution in [0.15, 0.2) is 30.3 Å². The summed E-state index contributed by atoms with van der Waals surface area (Å²) in [6.07, 6.45) is 1.15. The van der Waals surface area contributed by atoms with E-state index in [9.17, 15) is 9.90 Å². The second kappa shape index (κ2) is 6.86. The maximum absolute atomic E-state index is 11.6. The van der Waals surface area contributed by atoms with Gasteiger partial charge in [0, 0.05) is 19.1 Å². The molecule has 0 bridgehead atoms. The van der Waals surface area contributed by atoms with E-state index in [-0.39, 0.29) is 6.10 Å². The van der Waals surface area contributed by atoms with Gasteiger partial charge in [-0.3, -0.25) is 9.69 Å². The molecule has 4 heteroatoms. The lowest BCUT2D eigenvalue weighted by atomic mass is 9.97. The van der Waals surface area contributed by atoms with Gasteiger partial charge < -0.3 is 9.84 Å². The van der Waals surface area contributed by atoms with Crippen LogP contribution in [0.2, 0.25) is 0 Å². The number of aliphatic carboxylic acids is 1. The fourth-order valence-electron chi connectivity index (χ4n) is 2.76. The number of nitrogens with zero attached hydrogens (tertiary/aromatic N) is 1. The summed E-state index contributed by atoms with van der Waals surface area (Å²) in [6.45, 7) is 6.20. The quantitative estimate of drug-likeness (QED) is 0.897. The van der Waals surface area contributed by atoms with Gasteiger partial charge in [0.15, 0.2) is 0 Å². The number of ether oxygens (including phenoxy) is 1. The first-order chi connectivity index (χ1) is 9.61. The molecule has 2 rings (SSSR count). The smallest absolute Gasteiger partial charge is 0.312 e. The molecule has 0 amide bonds. The van der Waals surface area contributed by atoms with Gasteiger partial charge >= 0.3 is 5.97 Å². The Morgan fingerprint density at radius 2 is 2.15 bits per heavy atom. The molecule has 1 heterocycles. The Labute approximate surface area is 120 Å². The molecule has 3 atom stereocenters. The van der Waals surface area contributed by atoms with Crippen molar-refractivity contribution in [2.45, 2.75) is 38.3 Å². The molecule has 1 aromatic rings.